The number of hydrogen-bond acceptors (Lipinski definition) is 7. The van der Waals surface area contributed by atoms with Gasteiger partial charge < -0.3 is 23.5 Å². The van der Waals surface area contributed by atoms with E-state index < -0.39 is 5.63 Å². The lowest BCUT2D eigenvalue weighted by Crippen LogP contribution is -2.32. The normalized spacial score (nSPS) is 12.3. The lowest BCUT2D eigenvalue weighted by molar-refractivity contribution is -0.121. The Morgan fingerprint density at radius 3 is 2.51 bits per heavy atom. The SMILES string of the molecule is COc1ccc(-c2oc3c(c(C)cc4oc(=O)cc(C)c43)c2CC(=O)N[C@@H](CCSC)c2nc3ccccc3n2C)cc1. The van der Waals surface area contributed by atoms with Crippen molar-refractivity contribution in [2.45, 2.75) is 32.7 Å². The average molecular weight is 596 g/mol. The first-order valence-electron chi connectivity index (χ1n) is 14.1. The summed E-state index contributed by atoms with van der Waals surface area (Å²) in [6.45, 7) is 3.81. The zero-order valence-corrected chi connectivity index (χ0v) is 25.6. The van der Waals surface area contributed by atoms with Gasteiger partial charge in [0.1, 0.15) is 28.5 Å². The van der Waals surface area contributed by atoms with Crippen molar-refractivity contribution in [1.29, 1.82) is 0 Å². The standard InChI is InChI=1S/C34H33N3O5S/c1-19-16-27-31(20(2)17-29(39)41-27)33-30(19)23(32(42-33)21-10-12-22(40-4)13-11-21)18-28(38)35-25(14-15-43-5)34-36-24-8-6-7-9-26(24)37(34)3/h6-13,16-17,25H,14-15,18H2,1-5H3,(H,35,38)/t25-/m0/s1. The second-order valence-electron chi connectivity index (χ2n) is 10.8. The molecule has 43 heavy (non-hydrogen) atoms. The minimum Gasteiger partial charge on any atom is -0.497 e. The molecule has 6 aromatic rings. The van der Waals surface area contributed by atoms with Gasteiger partial charge >= 0.3 is 5.63 Å². The largest absolute Gasteiger partial charge is 0.497 e. The van der Waals surface area contributed by atoms with Crippen molar-refractivity contribution < 1.29 is 18.4 Å². The number of nitrogens with one attached hydrogen (secondary N) is 1. The van der Waals surface area contributed by atoms with E-state index >= 15 is 0 Å². The van der Waals surface area contributed by atoms with Crippen LogP contribution in [-0.4, -0.2) is 34.6 Å². The first kappa shape index (κ1) is 28.6. The highest BCUT2D eigenvalue weighted by molar-refractivity contribution is 7.98. The molecule has 0 aliphatic carbocycles. The van der Waals surface area contributed by atoms with E-state index in [-0.39, 0.29) is 18.4 Å². The van der Waals surface area contributed by atoms with Crippen molar-refractivity contribution in [2.24, 2.45) is 7.05 Å². The molecule has 0 saturated heterocycles. The van der Waals surface area contributed by atoms with Crippen LogP contribution in [0.4, 0.5) is 0 Å². The number of ether oxygens (including phenoxy) is 1. The van der Waals surface area contributed by atoms with E-state index in [0.717, 1.165) is 67.8 Å². The van der Waals surface area contributed by atoms with Gasteiger partial charge in [-0.3, -0.25) is 4.79 Å². The molecule has 0 unspecified atom stereocenters. The summed E-state index contributed by atoms with van der Waals surface area (Å²) in [5.74, 6) is 2.88. The summed E-state index contributed by atoms with van der Waals surface area (Å²) in [6.07, 6.45) is 2.89. The highest BCUT2D eigenvalue weighted by atomic mass is 32.2. The number of furan rings is 1. The van der Waals surface area contributed by atoms with Crippen molar-refractivity contribution in [2.75, 3.05) is 19.1 Å². The number of carbonyl (C=O) groups excluding carboxylic acids is 1. The summed E-state index contributed by atoms with van der Waals surface area (Å²) < 4.78 is 19.6. The molecule has 3 heterocycles. The third kappa shape index (κ3) is 5.29. The summed E-state index contributed by atoms with van der Waals surface area (Å²) in [5.41, 5.74) is 5.76. The maximum absolute atomic E-state index is 13.9. The van der Waals surface area contributed by atoms with Gasteiger partial charge in [-0.25, -0.2) is 9.78 Å². The number of thioether (sulfide) groups is 1. The minimum absolute atomic E-state index is 0.0935. The summed E-state index contributed by atoms with van der Waals surface area (Å²) in [5, 5.41) is 4.85. The van der Waals surface area contributed by atoms with Gasteiger partial charge in [-0.2, -0.15) is 11.8 Å². The Bertz CT molecular complexity index is 2040. The molecule has 3 aromatic heterocycles. The van der Waals surface area contributed by atoms with Crippen LogP contribution >= 0.6 is 11.8 Å². The second kappa shape index (κ2) is 11.6. The van der Waals surface area contributed by atoms with E-state index in [2.05, 4.69) is 16.1 Å². The Morgan fingerprint density at radius 1 is 1.05 bits per heavy atom. The molecule has 1 atom stereocenters. The number of hydrogen-bond donors (Lipinski definition) is 1. The van der Waals surface area contributed by atoms with Crippen molar-refractivity contribution in [1.82, 2.24) is 14.9 Å². The van der Waals surface area contributed by atoms with E-state index in [4.69, 9.17) is 18.6 Å². The zero-order valence-electron chi connectivity index (χ0n) is 24.8. The van der Waals surface area contributed by atoms with Crippen LogP contribution in [0, 0.1) is 13.8 Å². The second-order valence-corrected chi connectivity index (χ2v) is 11.7. The van der Waals surface area contributed by atoms with Crippen molar-refractivity contribution in [3.05, 3.63) is 93.6 Å². The molecular weight excluding hydrogens is 562 g/mol. The number of imidazole rings is 1. The van der Waals surface area contributed by atoms with Gasteiger partial charge in [-0.05, 0) is 85.9 Å². The number of carbonyl (C=O) groups is 1. The van der Waals surface area contributed by atoms with Crippen LogP contribution in [0.5, 0.6) is 5.75 Å². The van der Waals surface area contributed by atoms with Crippen LogP contribution in [0.3, 0.4) is 0 Å². The molecular formula is C34H33N3O5S. The van der Waals surface area contributed by atoms with Gasteiger partial charge in [0, 0.05) is 29.6 Å². The highest BCUT2D eigenvalue weighted by Crippen LogP contribution is 2.41. The molecule has 0 aliphatic heterocycles. The van der Waals surface area contributed by atoms with Gasteiger partial charge in [0.2, 0.25) is 5.91 Å². The van der Waals surface area contributed by atoms with Gasteiger partial charge in [0.15, 0.2) is 0 Å². The molecule has 1 N–H and O–H groups in total. The fourth-order valence-corrected chi connectivity index (χ4v) is 6.35. The summed E-state index contributed by atoms with van der Waals surface area (Å²) in [4.78, 5) is 31.0. The fraction of sp³-hybridized carbons (Fsp3) is 0.265. The third-order valence-electron chi connectivity index (χ3n) is 7.93. The monoisotopic (exact) mass is 595 g/mol. The van der Waals surface area contributed by atoms with Crippen LogP contribution in [0.15, 0.2) is 74.3 Å². The first-order valence-corrected chi connectivity index (χ1v) is 15.5. The molecule has 0 spiro atoms. The smallest absolute Gasteiger partial charge is 0.336 e. The average Bonchev–Trinajstić information content (AvgIpc) is 3.53. The highest BCUT2D eigenvalue weighted by Gasteiger charge is 2.26. The lowest BCUT2D eigenvalue weighted by atomic mass is 9.97. The molecule has 8 nitrogen and oxygen atoms in total. The number of para-hydroxylation sites is 2. The maximum atomic E-state index is 13.9. The molecule has 0 bridgehead atoms. The Balaban J connectivity index is 1.45. The molecule has 6 rings (SSSR count). The van der Waals surface area contributed by atoms with E-state index in [0.29, 0.717) is 16.9 Å². The van der Waals surface area contributed by atoms with E-state index in [1.807, 2.05) is 75.5 Å². The van der Waals surface area contributed by atoms with Crippen LogP contribution < -0.4 is 15.7 Å². The molecule has 1 amide bonds. The van der Waals surface area contributed by atoms with E-state index in [9.17, 15) is 9.59 Å². The Hall–Kier alpha value is -4.50. The number of aromatic nitrogens is 2. The summed E-state index contributed by atoms with van der Waals surface area (Å²) in [6, 6.07) is 18.6. The van der Waals surface area contributed by atoms with Crippen LogP contribution in [0.2, 0.25) is 0 Å². The van der Waals surface area contributed by atoms with Crippen LogP contribution in [0.25, 0.3) is 44.3 Å². The number of benzene rings is 3. The molecule has 220 valence electrons. The number of fused-ring (bicyclic) bond motifs is 4. The molecule has 0 radical (unpaired) electrons. The number of methoxy groups -OCH3 is 1. The van der Waals surface area contributed by atoms with Gasteiger partial charge in [0.05, 0.1) is 36.0 Å². The fourth-order valence-electron chi connectivity index (χ4n) is 5.88. The quantitative estimate of drug-likeness (QED) is 0.182. The predicted molar refractivity (Wildman–Crippen MR) is 172 cm³/mol. The van der Waals surface area contributed by atoms with Gasteiger partial charge in [0.25, 0.3) is 0 Å². The molecule has 0 aliphatic rings. The molecule has 0 fully saturated rings. The van der Waals surface area contributed by atoms with Crippen molar-refractivity contribution in [3.8, 4) is 17.1 Å². The van der Waals surface area contributed by atoms with Gasteiger partial charge in [-0.1, -0.05) is 12.1 Å². The number of rotatable bonds is 9. The number of amides is 1. The van der Waals surface area contributed by atoms with Crippen molar-refractivity contribution in [3.63, 3.8) is 0 Å². The van der Waals surface area contributed by atoms with E-state index in [1.54, 1.807) is 18.9 Å². The minimum atomic E-state index is -0.413. The molecule has 3 aromatic carbocycles. The van der Waals surface area contributed by atoms with Crippen LogP contribution in [-0.2, 0) is 18.3 Å². The number of nitrogens with zero attached hydrogens (tertiary/aromatic N) is 2. The third-order valence-corrected chi connectivity index (χ3v) is 8.57. The zero-order chi connectivity index (χ0) is 30.2. The Kier molecular flexibility index (Phi) is 7.75. The predicted octanol–water partition coefficient (Wildman–Crippen LogP) is 6.87. The Labute approximate surface area is 253 Å². The van der Waals surface area contributed by atoms with E-state index in [1.165, 1.54) is 6.07 Å². The molecule has 0 saturated carbocycles. The summed E-state index contributed by atoms with van der Waals surface area (Å²) in [7, 11) is 3.61. The summed E-state index contributed by atoms with van der Waals surface area (Å²) >= 11 is 1.74. The van der Waals surface area contributed by atoms with Crippen LogP contribution in [0.1, 0.15) is 35.0 Å². The van der Waals surface area contributed by atoms with Gasteiger partial charge in [-0.15, -0.1) is 0 Å². The number of aryl methyl sites for hydroxylation is 3. The molecule has 9 heteroatoms. The Morgan fingerprint density at radius 2 is 1.79 bits per heavy atom. The van der Waals surface area contributed by atoms with Crippen molar-refractivity contribution >= 4 is 50.6 Å². The lowest BCUT2D eigenvalue weighted by Gasteiger charge is -2.19. The maximum Gasteiger partial charge on any atom is 0.336 e. The first-order chi connectivity index (χ1) is 20.8. The topological polar surface area (TPSA) is 99.5 Å².